The first-order valence-electron chi connectivity index (χ1n) is 7.96. The number of rotatable bonds is 7. The van der Waals surface area contributed by atoms with Gasteiger partial charge in [0, 0.05) is 6.04 Å². The lowest BCUT2D eigenvalue weighted by Gasteiger charge is -2.13. The van der Waals surface area contributed by atoms with Gasteiger partial charge in [0.2, 0.25) is 5.91 Å². The molecule has 138 valence electrons. The van der Waals surface area contributed by atoms with Crippen molar-refractivity contribution in [2.45, 2.75) is 19.9 Å². The molecule has 0 spiro atoms. The summed E-state index contributed by atoms with van der Waals surface area (Å²) in [4.78, 5) is 59.8. The molecule has 1 aromatic rings. The van der Waals surface area contributed by atoms with Crippen LogP contribution in [0.25, 0.3) is 0 Å². The van der Waals surface area contributed by atoms with E-state index in [2.05, 4.69) is 10.6 Å². The van der Waals surface area contributed by atoms with E-state index in [-0.39, 0.29) is 29.6 Å². The summed E-state index contributed by atoms with van der Waals surface area (Å²) in [6.07, 6.45) is 0. The van der Waals surface area contributed by atoms with Crippen molar-refractivity contribution < 1.29 is 28.7 Å². The van der Waals surface area contributed by atoms with Crippen molar-refractivity contribution in [2.75, 3.05) is 19.7 Å². The molecule has 2 rings (SSSR count). The number of amides is 4. The highest BCUT2D eigenvalue weighted by Crippen LogP contribution is 2.21. The molecular formula is C17H19N3O6. The van der Waals surface area contributed by atoms with Crippen LogP contribution in [0.3, 0.4) is 0 Å². The van der Waals surface area contributed by atoms with E-state index in [1.54, 1.807) is 26.0 Å². The summed E-state index contributed by atoms with van der Waals surface area (Å²) in [6, 6.07) is 6.17. The number of ether oxygens (including phenoxy) is 1. The Morgan fingerprint density at radius 1 is 1.04 bits per heavy atom. The van der Waals surface area contributed by atoms with Crippen molar-refractivity contribution in [3.63, 3.8) is 0 Å². The zero-order valence-electron chi connectivity index (χ0n) is 14.4. The molecule has 9 nitrogen and oxygen atoms in total. The smallest absolute Gasteiger partial charge is 0.326 e. The molecule has 0 saturated heterocycles. The summed E-state index contributed by atoms with van der Waals surface area (Å²) in [5, 5.41) is 4.88. The number of esters is 1. The third kappa shape index (κ3) is 4.65. The molecule has 1 aromatic carbocycles. The number of fused-ring (bicyclic) bond motifs is 1. The van der Waals surface area contributed by atoms with Crippen LogP contribution < -0.4 is 10.6 Å². The molecule has 9 heteroatoms. The minimum atomic E-state index is -0.902. The van der Waals surface area contributed by atoms with Crippen LogP contribution in [-0.4, -0.2) is 60.2 Å². The number of nitrogens with one attached hydrogen (secondary N) is 2. The molecule has 2 N–H and O–H groups in total. The molecule has 0 atom stereocenters. The van der Waals surface area contributed by atoms with Gasteiger partial charge in [-0.05, 0) is 26.0 Å². The summed E-state index contributed by atoms with van der Waals surface area (Å²) in [5.41, 5.74) is 0.443. The molecule has 1 heterocycles. The van der Waals surface area contributed by atoms with Crippen molar-refractivity contribution in [2.24, 2.45) is 0 Å². The highest BCUT2D eigenvalue weighted by atomic mass is 16.5. The minimum absolute atomic E-state index is 0.0584. The molecule has 0 aromatic heterocycles. The van der Waals surface area contributed by atoms with Gasteiger partial charge in [0.1, 0.15) is 6.54 Å². The van der Waals surface area contributed by atoms with Crippen LogP contribution in [0.15, 0.2) is 24.3 Å². The lowest BCUT2D eigenvalue weighted by atomic mass is 10.1. The number of hydrogen-bond acceptors (Lipinski definition) is 6. The van der Waals surface area contributed by atoms with E-state index in [4.69, 9.17) is 4.74 Å². The molecule has 26 heavy (non-hydrogen) atoms. The molecule has 0 aliphatic carbocycles. The Kier molecular flexibility index (Phi) is 6.05. The van der Waals surface area contributed by atoms with E-state index in [9.17, 15) is 24.0 Å². The van der Waals surface area contributed by atoms with E-state index < -0.39 is 36.8 Å². The summed E-state index contributed by atoms with van der Waals surface area (Å²) in [7, 11) is 0. The zero-order chi connectivity index (χ0) is 19.3. The van der Waals surface area contributed by atoms with Gasteiger partial charge >= 0.3 is 5.97 Å². The second-order valence-electron chi connectivity index (χ2n) is 5.90. The standard InChI is InChI=1S/C17H19N3O6/c1-10(2)19-13(21)7-18-14(22)9-26-15(23)8-20-16(24)11-5-3-4-6-12(11)17(20)25/h3-6,10H,7-9H2,1-2H3,(H,18,22)(H,19,21). The fraction of sp³-hybridized carbons (Fsp3) is 0.353. The third-order valence-electron chi connectivity index (χ3n) is 3.43. The predicted octanol–water partition coefficient (Wildman–Crippen LogP) is -0.533. The molecule has 1 aliphatic heterocycles. The molecular weight excluding hydrogens is 342 g/mol. The third-order valence-corrected chi connectivity index (χ3v) is 3.43. The molecule has 4 amide bonds. The number of hydrogen-bond donors (Lipinski definition) is 2. The molecule has 1 aliphatic rings. The van der Waals surface area contributed by atoms with Crippen LogP contribution in [0.4, 0.5) is 0 Å². The minimum Gasteiger partial charge on any atom is -0.454 e. The summed E-state index contributed by atoms with van der Waals surface area (Å²) >= 11 is 0. The molecule has 0 saturated carbocycles. The van der Waals surface area contributed by atoms with Gasteiger partial charge in [-0.1, -0.05) is 12.1 Å². The first-order valence-corrected chi connectivity index (χ1v) is 7.96. The van der Waals surface area contributed by atoms with Gasteiger partial charge in [0.25, 0.3) is 17.7 Å². The summed E-state index contributed by atoms with van der Waals surface area (Å²) in [5.74, 6) is -3.11. The first-order chi connectivity index (χ1) is 12.3. The van der Waals surface area contributed by atoms with Crippen LogP contribution in [0, 0.1) is 0 Å². The van der Waals surface area contributed by atoms with E-state index in [0.717, 1.165) is 4.90 Å². The van der Waals surface area contributed by atoms with Crippen molar-refractivity contribution in [1.29, 1.82) is 0 Å². The number of imide groups is 1. The molecule has 0 radical (unpaired) electrons. The number of benzene rings is 1. The van der Waals surface area contributed by atoms with Gasteiger partial charge in [-0.3, -0.25) is 28.9 Å². The topological polar surface area (TPSA) is 122 Å². The SMILES string of the molecule is CC(C)NC(=O)CNC(=O)COC(=O)CN1C(=O)c2ccccc2C1=O. The fourth-order valence-electron chi connectivity index (χ4n) is 2.31. The van der Waals surface area contributed by atoms with Gasteiger partial charge in [0.05, 0.1) is 17.7 Å². The Bertz CT molecular complexity index is 724. The maximum atomic E-state index is 12.1. The molecule has 0 unspecified atom stereocenters. The number of carbonyl (C=O) groups is 5. The normalized spacial score (nSPS) is 12.8. The first kappa shape index (κ1) is 19.1. The zero-order valence-corrected chi connectivity index (χ0v) is 14.4. The van der Waals surface area contributed by atoms with Crippen LogP contribution in [0.1, 0.15) is 34.6 Å². The van der Waals surface area contributed by atoms with Crippen molar-refractivity contribution >= 4 is 29.6 Å². The van der Waals surface area contributed by atoms with Crippen molar-refractivity contribution in [1.82, 2.24) is 15.5 Å². The monoisotopic (exact) mass is 361 g/mol. The average Bonchev–Trinajstić information content (AvgIpc) is 2.83. The van der Waals surface area contributed by atoms with E-state index in [1.807, 2.05) is 0 Å². The lowest BCUT2D eigenvalue weighted by Crippen LogP contribution is -2.41. The average molecular weight is 361 g/mol. The largest absolute Gasteiger partial charge is 0.454 e. The highest BCUT2D eigenvalue weighted by Gasteiger charge is 2.36. The number of carbonyl (C=O) groups excluding carboxylic acids is 5. The Morgan fingerprint density at radius 2 is 1.62 bits per heavy atom. The molecule has 0 fully saturated rings. The quantitative estimate of drug-likeness (QED) is 0.497. The maximum Gasteiger partial charge on any atom is 0.326 e. The van der Waals surface area contributed by atoms with Gasteiger partial charge in [-0.25, -0.2) is 0 Å². The second-order valence-corrected chi connectivity index (χ2v) is 5.90. The fourth-order valence-corrected chi connectivity index (χ4v) is 2.31. The van der Waals surface area contributed by atoms with Crippen LogP contribution in [-0.2, 0) is 19.1 Å². The Hall–Kier alpha value is -3.23. The van der Waals surface area contributed by atoms with Crippen molar-refractivity contribution in [3.8, 4) is 0 Å². The lowest BCUT2D eigenvalue weighted by molar-refractivity contribution is -0.148. The van der Waals surface area contributed by atoms with Crippen LogP contribution in [0.2, 0.25) is 0 Å². The second kappa shape index (κ2) is 8.24. The number of nitrogens with zero attached hydrogens (tertiary/aromatic N) is 1. The Morgan fingerprint density at radius 3 is 2.15 bits per heavy atom. The van der Waals surface area contributed by atoms with Gasteiger partial charge < -0.3 is 15.4 Å². The van der Waals surface area contributed by atoms with E-state index in [0.29, 0.717) is 0 Å². The van der Waals surface area contributed by atoms with Gasteiger partial charge in [-0.15, -0.1) is 0 Å². The maximum absolute atomic E-state index is 12.1. The van der Waals surface area contributed by atoms with Gasteiger partial charge in [-0.2, -0.15) is 0 Å². The van der Waals surface area contributed by atoms with Crippen LogP contribution in [0.5, 0.6) is 0 Å². The Labute approximate surface area is 149 Å². The van der Waals surface area contributed by atoms with E-state index >= 15 is 0 Å². The molecule has 0 bridgehead atoms. The predicted molar refractivity (Wildman–Crippen MR) is 89.1 cm³/mol. The van der Waals surface area contributed by atoms with Gasteiger partial charge in [0.15, 0.2) is 6.61 Å². The van der Waals surface area contributed by atoms with Crippen LogP contribution >= 0.6 is 0 Å². The van der Waals surface area contributed by atoms with E-state index in [1.165, 1.54) is 12.1 Å². The summed E-state index contributed by atoms with van der Waals surface area (Å²) in [6.45, 7) is 2.11. The van der Waals surface area contributed by atoms with Crippen molar-refractivity contribution in [3.05, 3.63) is 35.4 Å². The Balaban J connectivity index is 1.78. The summed E-state index contributed by atoms with van der Waals surface area (Å²) < 4.78 is 4.75. The highest BCUT2D eigenvalue weighted by molar-refractivity contribution is 6.22.